The number of aromatic nitrogens is 1. The number of nitrogens with zero attached hydrogens (tertiary/aromatic N) is 2. The Labute approximate surface area is 140 Å². The average molecular weight is 316 g/mol. The van der Waals surface area contributed by atoms with Crippen molar-refractivity contribution in [1.29, 1.82) is 5.26 Å². The molecule has 0 aliphatic heterocycles. The maximum absolute atomic E-state index is 9.18. The number of nitriles is 1. The van der Waals surface area contributed by atoms with Crippen molar-refractivity contribution in [2.75, 3.05) is 0 Å². The molecule has 4 nitrogen and oxygen atoms in total. The van der Waals surface area contributed by atoms with Gasteiger partial charge in [-0.05, 0) is 11.1 Å². The van der Waals surface area contributed by atoms with Crippen molar-refractivity contribution in [2.45, 2.75) is 13.2 Å². The third-order valence-electron chi connectivity index (χ3n) is 3.42. The number of pyridine rings is 1. The molecule has 1 heterocycles. The lowest BCUT2D eigenvalue weighted by Crippen LogP contribution is -2.01. The molecular weight excluding hydrogens is 300 g/mol. The average Bonchev–Trinajstić information content (AvgIpc) is 2.66. The molecule has 0 aliphatic carbocycles. The Bertz CT molecular complexity index is 827. The molecule has 0 radical (unpaired) electrons. The van der Waals surface area contributed by atoms with Gasteiger partial charge < -0.3 is 9.47 Å². The molecule has 24 heavy (non-hydrogen) atoms. The van der Waals surface area contributed by atoms with E-state index in [-0.39, 0.29) is 5.69 Å². The van der Waals surface area contributed by atoms with Gasteiger partial charge in [0.1, 0.15) is 25.0 Å². The van der Waals surface area contributed by atoms with Crippen molar-refractivity contribution in [3.8, 4) is 17.6 Å². The van der Waals surface area contributed by atoms with Crippen molar-refractivity contribution in [1.82, 2.24) is 4.98 Å². The van der Waals surface area contributed by atoms with E-state index in [4.69, 9.17) is 9.47 Å². The lowest BCUT2D eigenvalue weighted by atomic mass is 10.2. The molecule has 3 rings (SSSR count). The van der Waals surface area contributed by atoms with E-state index in [1.54, 1.807) is 6.07 Å². The Kier molecular flexibility index (Phi) is 5.06. The Hall–Kier alpha value is -3.32. The largest absolute Gasteiger partial charge is 0.487 e. The third kappa shape index (κ3) is 4.11. The zero-order chi connectivity index (χ0) is 16.6. The van der Waals surface area contributed by atoms with Gasteiger partial charge in [-0.15, -0.1) is 0 Å². The van der Waals surface area contributed by atoms with Crippen LogP contribution in [0.1, 0.15) is 16.8 Å². The minimum Gasteiger partial charge on any atom is -0.487 e. The standard InChI is InChI=1S/C20H16N2O2/c21-12-19-20(24-15-17-9-5-2-6-10-17)11-18(13-22-19)23-14-16-7-3-1-4-8-16/h1-11,13H,14-15H2. The van der Waals surface area contributed by atoms with Gasteiger partial charge in [-0.25, -0.2) is 4.98 Å². The number of benzene rings is 2. The van der Waals surface area contributed by atoms with E-state index in [2.05, 4.69) is 4.98 Å². The van der Waals surface area contributed by atoms with Crippen LogP contribution in [0.5, 0.6) is 11.5 Å². The van der Waals surface area contributed by atoms with E-state index in [0.29, 0.717) is 24.7 Å². The fourth-order valence-corrected chi connectivity index (χ4v) is 2.18. The molecule has 0 N–H and O–H groups in total. The van der Waals surface area contributed by atoms with Gasteiger partial charge in [-0.3, -0.25) is 0 Å². The summed E-state index contributed by atoms with van der Waals surface area (Å²) in [5.41, 5.74) is 2.34. The highest BCUT2D eigenvalue weighted by atomic mass is 16.5. The predicted molar refractivity (Wildman–Crippen MR) is 90.5 cm³/mol. The summed E-state index contributed by atoms with van der Waals surface area (Å²) in [5, 5.41) is 9.18. The Balaban J connectivity index is 1.69. The van der Waals surface area contributed by atoms with E-state index >= 15 is 0 Å². The van der Waals surface area contributed by atoms with Crippen molar-refractivity contribution < 1.29 is 9.47 Å². The predicted octanol–water partition coefficient (Wildman–Crippen LogP) is 4.11. The van der Waals surface area contributed by atoms with Crippen LogP contribution < -0.4 is 9.47 Å². The zero-order valence-electron chi connectivity index (χ0n) is 13.1. The zero-order valence-corrected chi connectivity index (χ0v) is 13.1. The van der Waals surface area contributed by atoms with Gasteiger partial charge in [-0.2, -0.15) is 5.26 Å². The minimum atomic E-state index is 0.248. The summed E-state index contributed by atoms with van der Waals surface area (Å²) in [4.78, 5) is 4.11. The molecule has 0 bridgehead atoms. The third-order valence-corrected chi connectivity index (χ3v) is 3.42. The highest BCUT2D eigenvalue weighted by Gasteiger charge is 2.08. The maximum Gasteiger partial charge on any atom is 0.182 e. The van der Waals surface area contributed by atoms with Crippen molar-refractivity contribution >= 4 is 0 Å². The molecule has 0 amide bonds. The number of rotatable bonds is 6. The highest BCUT2D eigenvalue weighted by Crippen LogP contribution is 2.23. The van der Waals surface area contributed by atoms with Gasteiger partial charge >= 0.3 is 0 Å². The Morgan fingerprint density at radius 2 is 1.42 bits per heavy atom. The normalized spacial score (nSPS) is 9.96. The van der Waals surface area contributed by atoms with Crippen LogP contribution in [0.4, 0.5) is 0 Å². The molecule has 2 aromatic carbocycles. The first-order valence-electron chi connectivity index (χ1n) is 7.59. The molecule has 1 aromatic heterocycles. The molecule has 0 fully saturated rings. The summed E-state index contributed by atoms with van der Waals surface area (Å²) in [6.45, 7) is 0.811. The minimum absolute atomic E-state index is 0.248. The molecule has 0 saturated heterocycles. The molecule has 4 heteroatoms. The molecule has 0 unspecified atom stereocenters. The second kappa shape index (κ2) is 7.80. The SMILES string of the molecule is N#Cc1ncc(OCc2ccccc2)cc1OCc1ccccc1. The molecule has 0 spiro atoms. The molecule has 3 aromatic rings. The highest BCUT2D eigenvalue weighted by molar-refractivity contribution is 5.41. The molecular formula is C20H16N2O2. The Morgan fingerprint density at radius 1 is 0.833 bits per heavy atom. The summed E-state index contributed by atoms with van der Waals surface area (Å²) in [6, 6.07) is 23.4. The smallest absolute Gasteiger partial charge is 0.182 e. The van der Waals surface area contributed by atoms with E-state index in [0.717, 1.165) is 11.1 Å². The van der Waals surface area contributed by atoms with E-state index in [1.807, 2.05) is 66.7 Å². The van der Waals surface area contributed by atoms with Gasteiger partial charge in [0, 0.05) is 6.07 Å². The van der Waals surface area contributed by atoms with E-state index in [9.17, 15) is 5.26 Å². The van der Waals surface area contributed by atoms with Gasteiger partial charge in [0.25, 0.3) is 0 Å². The van der Waals surface area contributed by atoms with Gasteiger partial charge in [-0.1, -0.05) is 60.7 Å². The summed E-state index contributed by atoms with van der Waals surface area (Å²) in [6.07, 6.45) is 1.54. The van der Waals surface area contributed by atoms with Crippen LogP contribution >= 0.6 is 0 Å². The fraction of sp³-hybridized carbons (Fsp3) is 0.100. The monoisotopic (exact) mass is 316 g/mol. The Morgan fingerprint density at radius 3 is 2.00 bits per heavy atom. The fourth-order valence-electron chi connectivity index (χ4n) is 2.18. The van der Waals surface area contributed by atoms with Crippen molar-refractivity contribution in [3.05, 3.63) is 89.7 Å². The molecule has 0 atom stereocenters. The van der Waals surface area contributed by atoms with Crippen molar-refractivity contribution in [2.24, 2.45) is 0 Å². The topological polar surface area (TPSA) is 55.1 Å². The van der Waals surface area contributed by atoms with Crippen LogP contribution in [0.25, 0.3) is 0 Å². The summed E-state index contributed by atoms with van der Waals surface area (Å²) in [5.74, 6) is 0.993. The van der Waals surface area contributed by atoms with Crippen molar-refractivity contribution in [3.63, 3.8) is 0 Å². The van der Waals surface area contributed by atoms with Crippen LogP contribution in [0.3, 0.4) is 0 Å². The van der Waals surface area contributed by atoms with Gasteiger partial charge in [0.2, 0.25) is 0 Å². The first-order chi connectivity index (χ1) is 11.8. The van der Waals surface area contributed by atoms with Gasteiger partial charge in [0.15, 0.2) is 11.4 Å². The van der Waals surface area contributed by atoms with Crippen LogP contribution in [-0.2, 0) is 13.2 Å². The quantitative estimate of drug-likeness (QED) is 0.686. The summed E-state index contributed by atoms with van der Waals surface area (Å²) < 4.78 is 11.5. The number of hydrogen-bond donors (Lipinski definition) is 0. The summed E-state index contributed by atoms with van der Waals surface area (Å²) >= 11 is 0. The van der Waals surface area contributed by atoms with Crippen LogP contribution in [0.15, 0.2) is 72.9 Å². The maximum atomic E-state index is 9.18. The second-order valence-corrected chi connectivity index (χ2v) is 5.18. The van der Waals surface area contributed by atoms with Crippen LogP contribution in [0, 0.1) is 11.3 Å². The van der Waals surface area contributed by atoms with Crippen LogP contribution in [0.2, 0.25) is 0 Å². The lowest BCUT2D eigenvalue weighted by Gasteiger charge is -2.10. The van der Waals surface area contributed by atoms with E-state index < -0.39 is 0 Å². The second-order valence-electron chi connectivity index (χ2n) is 5.18. The lowest BCUT2D eigenvalue weighted by molar-refractivity contribution is 0.287. The number of hydrogen-bond acceptors (Lipinski definition) is 4. The van der Waals surface area contributed by atoms with Gasteiger partial charge in [0.05, 0.1) is 6.20 Å². The number of ether oxygens (including phenoxy) is 2. The molecule has 0 aliphatic rings. The molecule has 0 saturated carbocycles. The first-order valence-corrected chi connectivity index (χ1v) is 7.59. The summed E-state index contributed by atoms with van der Waals surface area (Å²) in [7, 11) is 0. The van der Waals surface area contributed by atoms with E-state index in [1.165, 1.54) is 6.20 Å². The first kappa shape index (κ1) is 15.6. The molecule has 118 valence electrons. The van der Waals surface area contributed by atoms with Crippen LogP contribution in [-0.4, -0.2) is 4.98 Å².